The molecule has 1 aromatic heterocycles. The topological polar surface area (TPSA) is 38.0 Å². The molecule has 0 radical (unpaired) electrons. The molecule has 0 bridgehead atoms. The summed E-state index contributed by atoms with van der Waals surface area (Å²) in [7, 11) is 0. The van der Waals surface area contributed by atoms with E-state index in [-0.39, 0.29) is 12.4 Å². The van der Waals surface area contributed by atoms with E-state index in [4.69, 9.17) is 0 Å². The number of benzene rings is 1. The summed E-state index contributed by atoms with van der Waals surface area (Å²) in [4.78, 5) is 0. The van der Waals surface area contributed by atoms with E-state index in [1.54, 1.807) is 29.1 Å². The van der Waals surface area contributed by atoms with Crippen LogP contribution in [-0.4, -0.2) is 14.9 Å². The minimum absolute atomic E-state index is 0.259. The summed E-state index contributed by atoms with van der Waals surface area (Å²) in [5.41, 5.74) is 1.32. The summed E-state index contributed by atoms with van der Waals surface area (Å²) in [6, 6.07) is 6.23. The molecule has 1 atom stereocenters. The van der Waals surface area contributed by atoms with Crippen LogP contribution in [0.25, 0.3) is 0 Å². The van der Waals surface area contributed by atoms with Crippen LogP contribution in [0.5, 0.6) is 0 Å². The number of hydrogen-bond acceptors (Lipinski definition) is 2. The van der Waals surface area contributed by atoms with Crippen LogP contribution in [0.1, 0.15) is 17.2 Å². The van der Waals surface area contributed by atoms with Gasteiger partial charge in [-0.3, -0.25) is 4.68 Å². The third-order valence-corrected chi connectivity index (χ3v) is 2.39. The second-order valence-electron chi connectivity index (χ2n) is 3.78. The molecule has 0 aliphatic rings. The van der Waals surface area contributed by atoms with Gasteiger partial charge in [0.25, 0.3) is 0 Å². The van der Waals surface area contributed by atoms with Gasteiger partial charge in [-0.1, -0.05) is 18.2 Å². The quantitative estimate of drug-likeness (QED) is 0.859. The first-order chi connectivity index (χ1) is 7.66. The lowest BCUT2D eigenvalue weighted by molar-refractivity contribution is 0.147. The van der Waals surface area contributed by atoms with Crippen LogP contribution in [-0.2, 0) is 6.54 Å². The van der Waals surface area contributed by atoms with Gasteiger partial charge in [0.15, 0.2) is 0 Å². The average Bonchev–Trinajstić information content (AvgIpc) is 2.64. The molecule has 0 spiro atoms. The van der Waals surface area contributed by atoms with Crippen molar-refractivity contribution in [2.75, 3.05) is 0 Å². The van der Waals surface area contributed by atoms with Crippen LogP contribution in [0.15, 0.2) is 36.7 Å². The predicted molar refractivity (Wildman–Crippen MR) is 58.3 cm³/mol. The highest BCUT2D eigenvalue weighted by molar-refractivity contribution is 5.19. The highest BCUT2D eigenvalue weighted by atomic mass is 19.1. The number of halogens is 1. The Morgan fingerprint density at radius 3 is 2.81 bits per heavy atom. The fourth-order valence-corrected chi connectivity index (χ4v) is 1.59. The van der Waals surface area contributed by atoms with Crippen molar-refractivity contribution >= 4 is 0 Å². The maximum atomic E-state index is 13.4. The molecule has 0 aliphatic carbocycles. The molecule has 0 fully saturated rings. The third kappa shape index (κ3) is 2.28. The molecule has 1 N–H and O–H groups in total. The van der Waals surface area contributed by atoms with Crippen LogP contribution in [0, 0.1) is 12.7 Å². The second-order valence-corrected chi connectivity index (χ2v) is 3.78. The molecule has 3 nitrogen and oxygen atoms in total. The van der Waals surface area contributed by atoms with Crippen molar-refractivity contribution in [3.63, 3.8) is 0 Å². The summed E-state index contributed by atoms with van der Waals surface area (Å²) in [6.07, 6.45) is 2.64. The van der Waals surface area contributed by atoms with Gasteiger partial charge in [-0.05, 0) is 18.6 Å². The van der Waals surface area contributed by atoms with Crippen LogP contribution < -0.4 is 0 Å². The number of hydrogen-bond donors (Lipinski definition) is 1. The van der Waals surface area contributed by atoms with Gasteiger partial charge < -0.3 is 5.11 Å². The van der Waals surface area contributed by atoms with E-state index < -0.39 is 6.10 Å². The highest BCUT2D eigenvalue weighted by Gasteiger charge is 2.12. The second kappa shape index (κ2) is 4.45. The fourth-order valence-electron chi connectivity index (χ4n) is 1.59. The zero-order valence-electron chi connectivity index (χ0n) is 8.97. The third-order valence-electron chi connectivity index (χ3n) is 2.39. The largest absolute Gasteiger partial charge is 0.386 e. The van der Waals surface area contributed by atoms with E-state index in [2.05, 4.69) is 5.10 Å². The van der Waals surface area contributed by atoms with Crippen molar-refractivity contribution in [1.82, 2.24) is 9.78 Å². The molecule has 0 saturated carbocycles. The smallest absolute Gasteiger partial charge is 0.129 e. The van der Waals surface area contributed by atoms with Gasteiger partial charge in [0.1, 0.15) is 11.9 Å². The molecular weight excluding hydrogens is 207 g/mol. The molecule has 1 unspecified atom stereocenters. The van der Waals surface area contributed by atoms with Gasteiger partial charge >= 0.3 is 0 Å². The maximum absolute atomic E-state index is 13.4. The first-order valence-corrected chi connectivity index (χ1v) is 5.08. The Bertz CT molecular complexity index is 481. The predicted octanol–water partition coefficient (Wildman–Crippen LogP) is 2.06. The number of nitrogens with zero attached hydrogens (tertiary/aromatic N) is 2. The number of aliphatic hydroxyl groups excluding tert-OH is 1. The lowest BCUT2D eigenvalue weighted by atomic mass is 10.1. The van der Waals surface area contributed by atoms with E-state index in [0.717, 1.165) is 5.56 Å². The van der Waals surface area contributed by atoms with Crippen LogP contribution in [0.4, 0.5) is 4.39 Å². The fraction of sp³-hybridized carbons (Fsp3) is 0.250. The van der Waals surface area contributed by atoms with Gasteiger partial charge in [-0.25, -0.2) is 4.39 Å². The van der Waals surface area contributed by atoms with Gasteiger partial charge in [-0.2, -0.15) is 5.10 Å². The standard InChI is InChI=1S/C12H13FN2O/c1-9-6-14-15(7-9)8-12(16)10-4-2-3-5-11(10)13/h2-7,12,16H,8H2,1H3. The van der Waals surface area contributed by atoms with E-state index in [1.165, 1.54) is 6.07 Å². The Morgan fingerprint density at radius 2 is 2.19 bits per heavy atom. The normalized spacial score (nSPS) is 12.7. The van der Waals surface area contributed by atoms with Gasteiger partial charge in [-0.15, -0.1) is 0 Å². The zero-order chi connectivity index (χ0) is 11.5. The van der Waals surface area contributed by atoms with Gasteiger partial charge in [0, 0.05) is 11.8 Å². The average molecular weight is 220 g/mol. The Hall–Kier alpha value is -1.68. The van der Waals surface area contributed by atoms with E-state index in [0.29, 0.717) is 5.56 Å². The minimum atomic E-state index is -0.875. The molecule has 2 aromatic rings. The number of aromatic nitrogens is 2. The first kappa shape index (κ1) is 10.8. The molecule has 0 aliphatic heterocycles. The van der Waals surface area contributed by atoms with Gasteiger partial charge in [0.2, 0.25) is 0 Å². The minimum Gasteiger partial charge on any atom is -0.386 e. The Morgan fingerprint density at radius 1 is 1.44 bits per heavy atom. The SMILES string of the molecule is Cc1cnn(CC(O)c2ccccc2F)c1. The summed E-state index contributed by atoms with van der Waals surface area (Å²) < 4.78 is 15.0. The van der Waals surface area contributed by atoms with Crippen molar-refractivity contribution in [2.24, 2.45) is 0 Å². The Balaban J connectivity index is 2.14. The molecule has 16 heavy (non-hydrogen) atoms. The maximum Gasteiger partial charge on any atom is 0.129 e. The summed E-state index contributed by atoms with van der Waals surface area (Å²) in [5, 5.41) is 13.9. The monoisotopic (exact) mass is 220 g/mol. The van der Waals surface area contributed by atoms with E-state index >= 15 is 0 Å². The van der Waals surface area contributed by atoms with E-state index in [1.807, 2.05) is 13.1 Å². The van der Waals surface area contributed by atoms with Crippen LogP contribution in [0.2, 0.25) is 0 Å². The molecule has 0 amide bonds. The molecule has 4 heteroatoms. The van der Waals surface area contributed by atoms with Gasteiger partial charge in [0.05, 0.1) is 12.7 Å². The summed E-state index contributed by atoms with van der Waals surface area (Å²) in [6.45, 7) is 2.17. The van der Waals surface area contributed by atoms with Crippen molar-refractivity contribution in [3.8, 4) is 0 Å². The molecule has 0 saturated heterocycles. The Labute approximate surface area is 93.2 Å². The highest BCUT2D eigenvalue weighted by Crippen LogP contribution is 2.18. The van der Waals surface area contributed by atoms with Crippen molar-refractivity contribution < 1.29 is 9.50 Å². The zero-order valence-corrected chi connectivity index (χ0v) is 8.97. The van der Waals surface area contributed by atoms with Crippen molar-refractivity contribution in [3.05, 3.63) is 53.6 Å². The molecule has 1 aromatic carbocycles. The van der Waals surface area contributed by atoms with Crippen LogP contribution >= 0.6 is 0 Å². The van der Waals surface area contributed by atoms with E-state index in [9.17, 15) is 9.50 Å². The Kier molecular flexibility index (Phi) is 3.01. The number of rotatable bonds is 3. The summed E-state index contributed by atoms with van der Waals surface area (Å²) in [5.74, 6) is -0.390. The van der Waals surface area contributed by atoms with Crippen molar-refractivity contribution in [2.45, 2.75) is 19.6 Å². The molecule has 84 valence electrons. The molecule has 2 rings (SSSR count). The lowest BCUT2D eigenvalue weighted by Crippen LogP contribution is -2.10. The number of aliphatic hydroxyl groups is 1. The summed E-state index contributed by atoms with van der Waals surface area (Å²) >= 11 is 0. The first-order valence-electron chi connectivity index (χ1n) is 5.08. The van der Waals surface area contributed by atoms with Crippen LogP contribution in [0.3, 0.4) is 0 Å². The molecular formula is C12H13FN2O. The lowest BCUT2D eigenvalue weighted by Gasteiger charge is -2.11. The van der Waals surface area contributed by atoms with Crippen molar-refractivity contribution in [1.29, 1.82) is 0 Å². The molecule has 1 heterocycles. The number of aryl methyl sites for hydroxylation is 1.